The first kappa shape index (κ1) is 26.3. The lowest BCUT2D eigenvalue weighted by Gasteiger charge is -2.28. The van der Waals surface area contributed by atoms with Crippen LogP contribution in [0.25, 0.3) is 33.8 Å². The van der Waals surface area contributed by atoms with E-state index in [2.05, 4.69) is 120 Å². The Bertz CT molecular complexity index is 2120. The van der Waals surface area contributed by atoms with Gasteiger partial charge in [0.1, 0.15) is 5.82 Å². The van der Waals surface area contributed by atoms with E-state index >= 15 is 0 Å². The molecule has 1 aromatic heterocycles. The second kappa shape index (κ2) is 10.8. The lowest BCUT2D eigenvalue weighted by molar-refractivity contribution is 0.791. The number of hydrogen-bond donors (Lipinski definition) is 0. The Labute approximate surface area is 264 Å². The molecule has 9 rings (SSSR count). The summed E-state index contributed by atoms with van der Waals surface area (Å²) in [5.41, 5.74) is 15.5. The van der Waals surface area contributed by atoms with E-state index in [9.17, 15) is 0 Å². The summed E-state index contributed by atoms with van der Waals surface area (Å²) in [7, 11) is 0. The first-order valence-corrected chi connectivity index (χ1v) is 16.3. The molecule has 1 unspecified atom stereocenters. The number of allylic oxidation sites excluding steroid dienone is 7. The molecule has 3 aromatic carbocycles. The van der Waals surface area contributed by atoms with Gasteiger partial charge in [0.25, 0.3) is 0 Å². The van der Waals surface area contributed by atoms with Gasteiger partial charge in [0.05, 0.1) is 16.9 Å². The Balaban J connectivity index is 0.933. The zero-order chi connectivity index (χ0) is 29.7. The summed E-state index contributed by atoms with van der Waals surface area (Å²) < 4.78 is 2.31. The Kier molecular flexibility index (Phi) is 6.33. The van der Waals surface area contributed by atoms with Crippen LogP contribution in [0.1, 0.15) is 60.8 Å². The number of nitrogens with zero attached hydrogens (tertiary/aromatic N) is 4. The van der Waals surface area contributed by atoms with Gasteiger partial charge in [-0.05, 0) is 102 Å². The Morgan fingerprint density at radius 3 is 2.29 bits per heavy atom. The van der Waals surface area contributed by atoms with Crippen LogP contribution >= 0.6 is 0 Å². The monoisotopic (exact) mass is 582 g/mol. The van der Waals surface area contributed by atoms with E-state index in [1.807, 2.05) is 0 Å². The smallest absolute Gasteiger partial charge is 0.141 e. The molecule has 0 N–H and O–H groups in total. The van der Waals surface area contributed by atoms with Gasteiger partial charge in [-0.1, -0.05) is 78.9 Å². The minimum atomic E-state index is 0.452. The Hall–Kier alpha value is -5.09. The van der Waals surface area contributed by atoms with Crippen LogP contribution in [0, 0.1) is 5.92 Å². The summed E-state index contributed by atoms with van der Waals surface area (Å²) in [5, 5.41) is 1.31. The molecule has 0 fully saturated rings. The van der Waals surface area contributed by atoms with Gasteiger partial charge < -0.3 is 0 Å². The fourth-order valence-electron chi connectivity index (χ4n) is 7.65. The average molecular weight is 583 g/mol. The van der Waals surface area contributed by atoms with Crippen molar-refractivity contribution in [3.8, 4) is 5.69 Å². The number of para-hydroxylation sites is 1. The lowest BCUT2D eigenvalue weighted by atomic mass is 9.76. The first-order chi connectivity index (χ1) is 22.3. The molecule has 218 valence electrons. The molecule has 45 heavy (non-hydrogen) atoms. The molecule has 4 nitrogen and oxygen atoms in total. The molecular formula is C41H34N4. The Morgan fingerprint density at radius 2 is 1.47 bits per heavy atom. The van der Waals surface area contributed by atoms with Crippen molar-refractivity contribution in [1.29, 1.82) is 0 Å². The molecule has 0 spiro atoms. The number of rotatable bonds is 4. The zero-order valence-corrected chi connectivity index (χ0v) is 25.3. The molecule has 0 amide bonds. The number of hydrogen-bond acceptors (Lipinski definition) is 3. The molecule has 1 atom stereocenters. The molecule has 4 heteroatoms. The third-order valence-corrected chi connectivity index (χ3v) is 10.0. The zero-order valence-electron chi connectivity index (χ0n) is 25.3. The van der Waals surface area contributed by atoms with E-state index < -0.39 is 0 Å². The summed E-state index contributed by atoms with van der Waals surface area (Å²) in [6.45, 7) is 0. The van der Waals surface area contributed by atoms with Crippen LogP contribution < -0.4 is 0 Å². The standard InChI is InChI=1S/C41H34N4/c1-2-7-34-28(6-1)11-12-30-24-29(15-20-35(30)34)32-17-22-39(44-26-32)38-21-16-31(25-43-38)27-13-18-33(19-14-27)45-40-10-4-3-8-36(40)37-9-5-23-42-41(37)45/h1-4,6-8,10-15,18-20,23,25-26,30H,5,9,16-17,21-22,24H2. The number of aryl methyl sites for hydroxylation is 1. The summed E-state index contributed by atoms with van der Waals surface area (Å²) >= 11 is 0. The third kappa shape index (κ3) is 4.55. The molecule has 4 aromatic rings. The maximum absolute atomic E-state index is 4.95. The highest BCUT2D eigenvalue weighted by Crippen LogP contribution is 2.42. The van der Waals surface area contributed by atoms with Crippen molar-refractivity contribution >= 4 is 51.6 Å². The van der Waals surface area contributed by atoms with Crippen LogP contribution in [-0.4, -0.2) is 22.2 Å². The normalized spacial score (nSPS) is 20.2. The van der Waals surface area contributed by atoms with Crippen LogP contribution in [-0.2, 0) is 6.42 Å². The maximum atomic E-state index is 4.95. The number of aromatic nitrogens is 1. The molecule has 2 aliphatic carbocycles. The van der Waals surface area contributed by atoms with Crippen LogP contribution in [0.3, 0.4) is 0 Å². The molecule has 5 aliphatic rings. The molecule has 0 saturated carbocycles. The topological polar surface area (TPSA) is 42.0 Å². The highest BCUT2D eigenvalue weighted by molar-refractivity contribution is 6.43. The van der Waals surface area contributed by atoms with Gasteiger partial charge in [-0.2, -0.15) is 0 Å². The van der Waals surface area contributed by atoms with Gasteiger partial charge in [0.2, 0.25) is 0 Å². The molecule has 3 aliphatic heterocycles. The van der Waals surface area contributed by atoms with Crippen LogP contribution in [0.5, 0.6) is 0 Å². The quantitative estimate of drug-likeness (QED) is 0.230. The summed E-state index contributed by atoms with van der Waals surface area (Å²) in [5.74, 6) is 1.53. The lowest BCUT2D eigenvalue weighted by Crippen LogP contribution is -2.19. The van der Waals surface area contributed by atoms with Crippen molar-refractivity contribution in [2.75, 3.05) is 0 Å². The van der Waals surface area contributed by atoms with Crippen molar-refractivity contribution in [3.05, 3.63) is 137 Å². The van der Waals surface area contributed by atoms with Crippen molar-refractivity contribution < 1.29 is 0 Å². The van der Waals surface area contributed by atoms with E-state index in [0.29, 0.717) is 5.92 Å². The predicted octanol–water partition coefficient (Wildman–Crippen LogP) is 10.0. The highest BCUT2D eigenvalue weighted by atomic mass is 15.1. The fourth-order valence-corrected chi connectivity index (χ4v) is 7.65. The second-order valence-corrected chi connectivity index (χ2v) is 12.6. The van der Waals surface area contributed by atoms with Gasteiger partial charge in [0.15, 0.2) is 0 Å². The van der Waals surface area contributed by atoms with E-state index in [-0.39, 0.29) is 0 Å². The van der Waals surface area contributed by atoms with Crippen molar-refractivity contribution in [1.82, 2.24) is 4.57 Å². The SMILES string of the molecule is C1=CC2CC(C3=CN=C(C4=NC=C(c5ccc(-n6c7c(c8ccccc86)CCC=N7)cc5)CC4)CC3)=CC=C2c2ccccc21. The first-order valence-electron chi connectivity index (χ1n) is 16.3. The number of fused-ring (bicyclic) bond motifs is 6. The van der Waals surface area contributed by atoms with Gasteiger partial charge in [-0.3, -0.25) is 14.6 Å². The maximum Gasteiger partial charge on any atom is 0.141 e. The van der Waals surface area contributed by atoms with Crippen molar-refractivity contribution in [2.45, 2.75) is 44.9 Å². The fraction of sp³-hybridized carbons (Fsp3) is 0.195. The van der Waals surface area contributed by atoms with Gasteiger partial charge in [-0.25, -0.2) is 4.99 Å². The summed E-state index contributed by atoms with van der Waals surface area (Å²) in [6, 6.07) is 26.3. The molecule has 4 heterocycles. The largest absolute Gasteiger partial charge is 0.294 e. The summed E-state index contributed by atoms with van der Waals surface area (Å²) in [4.78, 5) is 14.7. The van der Waals surface area contributed by atoms with Crippen LogP contribution in [0.2, 0.25) is 0 Å². The van der Waals surface area contributed by atoms with E-state index in [1.54, 1.807) is 0 Å². The van der Waals surface area contributed by atoms with E-state index in [4.69, 9.17) is 15.0 Å². The van der Waals surface area contributed by atoms with Gasteiger partial charge >= 0.3 is 0 Å². The van der Waals surface area contributed by atoms with Crippen LogP contribution in [0.4, 0.5) is 5.82 Å². The van der Waals surface area contributed by atoms with E-state index in [1.165, 1.54) is 55.4 Å². The highest BCUT2D eigenvalue weighted by Gasteiger charge is 2.26. The third-order valence-electron chi connectivity index (χ3n) is 10.0. The Morgan fingerprint density at radius 1 is 0.689 bits per heavy atom. The minimum absolute atomic E-state index is 0.452. The molecular weight excluding hydrogens is 548 g/mol. The second-order valence-electron chi connectivity index (χ2n) is 12.6. The number of benzene rings is 3. The van der Waals surface area contributed by atoms with Crippen LogP contribution in [0.15, 0.2) is 130 Å². The van der Waals surface area contributed by atoms with E-state index in [0.717, 1.165) is 67.9 Å². The van der Waals surface area contributed by atoms with Crippen molar-refractivity contribution in [3.63, 3.8) is 0 Å². The van der Waals surface area contributed by atoms with Crippen molar-refractivity contribution in [2.24, 2.45) is 20.9 Å². The number of aliphatic imine (C=N–C) groups is 3. The molecule has 0 bridgehead atoms. The summed E-state index contributed by atoms with van der Waals surface area (Å²) in [6.07, 6.45) is 22.5. The minimum Gasteiger partial charge on any atom is -0.294 e. The predicted molar refractivity (Wildman–Crippen MR) is 189 cm³/mol. The molecule has 0 saturated heterocycles. The average Bonchev–Trinajstić information content (AvgIpc) is 3.46. The van der Waals surface area contributed by atoms with Gasteiger partial charge in [-0.15, -0.1) is 0 Å². The molecule has 0 radical (unpaired) electrons. The van der Waals surface area contributed by atoms with Gasteiger partial charge in [0, 0.05) is 41.2 Å².